The molecule has 2 rings (SSSR count). The zero-order chi connectivity index (χ0) is 13.0. The van der Waals surface area contributed by atoms with E-state index in [2.05, 4.69) is 6.58 Å². The van der Waals surface area contributed by atoms with Gasteiger partial charge in [-0.1, -0.05) is 6.58 Å². The van der Waals surface area contributed by atoms with Gasteiger partial charge < -0.3 is 9.47 Å². The summed E-state index contributed by atoms with van der Waals surface area (Å²) in [6, 6.07) is 7.47. The lowest BCUT2D eigenvalue weighted by molar-refractivity contribution is -0.115. The molecule has 0 saturated heterocycles. The summed E-state index contributed by atoms with van der Waals surface area (Å²) in [4.78, 5) is 11.3. The number of carbonyl (C=O) groups excluding carboxylic acids is 1. The third-order valence-electron chi connectivity index (χ3n) is 2.83. The molecule has 0 atom stereocenters. The minimum atomic E-state index is 0.124. The van der Waals surface area contributed by atoms with Crippen LogP contribution in [0.5, 0.6) is 5.75 Å². The number of ether oxygens (including phenoxy) is 2. The molecule has 3 nitrogen and oxygen atoms in total. The molecule has 3 heteroatoms. The zero-order valence-corrected chi connectivity index (χ0v) is 10.4. The van der Waals surface area contributed by atoms with E-state index in [0.717, 1.165) is 24.2 Å². The van der Waals surface area contributed by atoms with Gasteiger partial charge in [0.05, 0.1) is 7.11 Å². The molecular weight excluding hydrogens is 228 g/mol. The topological polar surface area (TPSA) is 35.5 Å². The summed E-state index contributed by atoms with van der Waals surface area (Å²) in [5.74, 6) is 2.17. The number of ketones is 1. The van der Waals surface area contributed by atoms with Gasteiger partial charge in [-0.15, -0.1) is 0 Å². The van der Waals surface area contributed by atoms with Crippen LogP contribution in [0.2, 0.25) is 0 Å². The van der Waals surface area contributed by atoms with Crippen molar-refractivity contribution in [2.75, 3.05) is 7.11 Å². The van der Waals surface area contributed by atoms with Crippen LogP contribution >= 0.6 is 0 Å². The summed E-state index contributed by atoms with van der Waals surface area (Å²) in [6.07, 6.45) is 3.82. The number of methoxy groups -OCH3 is 1. The molecule has 0 bridgehead atoms. The standard InChI is InChI=1S/C15H16O3/c1-11(12-6-8-14(17-2)9-7-12)18-15-5-3-4-13(16)10-15/h6-10H,1,3-5H2,2H3. The van der Waals surface area contributed by atoms with Crippen molar-refractivity contribution in [2.24, 2.45) is 0 Å². The number of hydrogen-bond donors (Lipinski definition) is 0. The molecule has 1 aliphatic carbocycles. The smallest absolute Gasteiger partial charge is 0.159 e. The molecule has 0 spiro atoms. The average molecular weight is 244 g/mol. The largest absolute Gasteiger partial charge is 0.497 e. The second-order valence-electron chi connectivity index (χ2n) is 4.18. The van der Waals surface area contributed by atoms with E-state index in [0.29, 0.717) is 17.9 Å². The molecule has 1 aromatic rings. The van der Waals surface area contributed by atoms with Crippen LogP contribution in [0, 0.1) is 0 Å². The van der Waals surface area contributed by atoms with Crippen LogP contribution in [0.3, 0.4) is 0 Å². The fourth-order valence-corrected chi connectivity index (χ4v) is 1.84. The highest BCUT2D eigenvalue weighted by molar-refractivity contribution is 5.90. The molecule has 0 radical (unpaired) electrons. The Hall–Kier alpha value is -2.03. The maximum absolute atomic E-state index is 11.3. The van der Waals surface area contributed by atoms with E-state index < -0.39 is 0 Å². The van der Waals surface area contributed by atoms with E-state index in [9.17, 15) is 4.79 Å². The van der Waals surface area contributed by atoms with E-state index in [-0.39, 0.29) is 5.78 Å². The Morgan fingerprint density at radius 3 is 2.56 bits per heavy atom. The van der Waals surface area contributed by atoms with Crippen LogP contribution in [0.1, 0.15) is 24.8 Å². The van der Waals surface area contributed by atoms with Gasteiger partial charge in [0.15, 0.2) is 5.78 Å². The van der Waals surface area contributed by atoms with Gasteiger partial charge >= 0.3 is 0 Å². The third-order valence-corrected chi connectivity index (χ3v) is 2.83. The summed E-state index contributed by atoms with van der Waals surface area (Å²) in [5, 5.41) is 0. The van der Waals surface area contributed by atoms with Crippen molar-refractivity contribution in [3.05, 3.63) is 48.2 Å². The quantitative estimate of drug-likeness (QED) is 0.762. The van der Waals surface area contributed by atoms with Gasteiger partial charge in [0.25, 0.3) is 0 Å². The van der Waals surface area contributed by atoms with Crippen molar-refractivity contribution >= 4 is 11.5 Å². The molecule has 0 heterocycles. The van der Waals surface area contributed by atoms with E-state index >= 15 is 0 Å². The second kappa shape index (κ2) is 5.54. The first kappa shape index (κ1) is 12.4. The highest BCUT2D eigenvalue weighted by Crippen LogP contribution is 2.24. The van der Waals surface area contributed by atoms with E-state index in [1.807, 2.05) is 24.3 Å². The Balaban J connectivity index is 2.05. The lowest BCUT2D eigenvalue weighted by Gasteiger charge is -2.15. The van der Waals surface area contributed by atoms with Crippen LogP contribution in [-0.4, -0.2) is 12.9 Å². The molecule has 0 unspecified atom stereocenters. The Bertz CT molecular complexity index is 483. The summed E-state index contributed by atoms with van der Waals surface area (Å²) in [7, 11) is 1.62. The maximum atomic E-state index is 11.3. The van der Waals surface area contributed by atoms with Gasteiger partial charge in [-0.25, -0.2) is 0 Å². The number of carbonyl (C=O) groups is 1. The third kappa shape index (κ3) is 3.00. The van der Waals surface area contributed by atoms with Gasteiger partial charge in [0.2, 0.25) is 0 Å². The minimum Gasteiger partial charge on any atom is -0.497 e. The molecule has 0 fully saturated rings. The molecule has 94 valence electrons. The lowest BCUT2D eigenvalue weighted by Crippen LogP contribution is -2.04. The fraction of sp³-hybridized carbons (Fsp3) is 0.267. The molecule has 0 saturated carbocycles. The lowest BCUT2D eigenvalue weighted by atomic mass is 10.1. The predicted molar refractivity (Wildman–Crippen MR) is 70.1 cm³/mol. The number of rotatable bonds is 4. The molecule has 1 aliphatic rings. The normalized spacial score (nSPS) is 14.9. The van der Waals surface area contributed by atoms with E-state index in [4.69, 9.17) is 9.47 Å². The highest BCUT2D eigenvalue weighted by atomic mass is 16.5. The molecule has 0 aliphatic heterocycles. The van der Waals surface area contributed by atoms with Crippen molar-refractivity contribution in [3.63, 3.8) is 0 Å². The molecule has 0 N–H and O–H groups in total. The molecular formula is C15H16O3. The van der Waals surface area contributed by atoms with E-state index in [1.165, 1.54) is 0 Å². The number of allylic oxidation sites excluding steroid dienone is 2. The van der Waals surface area contributed by atoms with Crippen molar-refractivity contribution in [3.8, 4) is 5.75 Å². The SMILES string of the molecule is C=C(OC1=CC(=O)CCC1)c1ccc(OC)cc1. The van der Waals surface area contributed by atoms with Gasteiger partial charge in [0, 0.05) is 24.5 Å². The Labute approximate surface area is 107 Å². The monoisotopic (exact) mass is 244 g/mol. The number of hydrogen-bond acceptors (Lipinski definition) is 3. The first-order valence-electron chi connectivity index (χ1n) is 5.93. The molecule has 0 aromatic heterocycles. The summed E-state index contributed by atoms with van der Waals surface area (Å²) >= 11 is 0. The Morgan fingerprint density at radius 1 is 1.22 bits per heavy atom. The van der Waals surface area contributed by atoms with Crippen molar-refractivity contribution < 1.29 is 14.3 Å². The van der Waals surface area contributed by atoms with E-state index in [1.54, 1.807) is 13.2 Å². The molecule has 1 aromatic carbocycles. The van der Waals surface area contributed by atoms with Gasteiger partial charge in [-0.3, -0.25) is 4.79 Å². The first-order valence-corrected chi connectivity index (χ1v) is 5.93. The van der Waals surface area contributed by atoms with Crippen LogP contribution in [0.4, 0.5) is 0 Å². The summed E-state index contributed by atoms with van der Waals surface area (Å²) in [5.41, 5.74) is 0.884. The van der Waals surface area contributed by atoms with Crippen molar-refractivity contribution in [1.82, 2.24) is 0 Å². The van der Waals surface area contributed by atoms with Gasteiger partial charge in [-0.05, 0) is 30.7 Å². The average Bonchev–Trinajstić information content (AvgIpc) is 2.39. The maximum Gasteiger partial charge on any atom is 0.159 e. The first-order chi connectivity index (χ1) is 8.69. The van der Waals surface area contributed by atoms with Crippen LogP contribution in [0.25, 0.3) is 5.76 Å². The van der Waals surface area contributed by atoms with Crippen LogP contribution < -0.4 is 4.74 Å². The molecule has 0 amide bonds. The summed E-state index contributed by atoms with van der Waals surface area (Å²) in [6.45, 7) is 3.88. The minimum absolute atomic E-state index is 0.124. The number of benzene rings is 1. The van der Waals surface area contributed by atoms with Gasteiger partial charge in [0.1, 0.15) is 17.3 Å². The van der Waals surface area contributed by atoms with Crippen LogP contribution in [0.15, 0.2) is 42.7 Å². The van der Waals surface area contributed by atoms with Crippen molar-refractivity contribution in [1.29, 1.82) is 0 Å². The van der Waals surface area contributed by atoms with Crippen molar-refractivity contribution in [2.45, 2.75) is 19.3 Å². The Morgan fingerprint density at radius 2 is 1.94 bits per heavy atom. The second-order valence-corrected chi connectivity index (χ2v) is 4.18. The molecule has 18 heavy (non-hydrogen) atoms. The van der Waals surface area contributed by atoms with Crippen LogP contribution in [-0.2, 0) is 9.53 Å². The Kier molecular flexibility index (Phi) is 3.82. The predicted octanol–water partition coefficient (Wildman–Crippen LogP) is 3.32. The van der Waals surface area contributed by atoms with Gasteiger partial charge in [-0.2, -0.15) is 0 Å². The highest BCUT2D eigenvalue weighted by Gasteiger charge is 2.12. The fourth-order valence-electron chi connectivity index (χ4n) is 1.84. The summed E-state index contributed by atoms with van der Waals surface area (Å²) < 4.78 is 10.7. The zero-order valence-electron chi connectivity index (χ0n) is 10.4.